The molecule has 0 spiro atoms. The predicted molar refractivity (Wildman–Crippen MR) is 63.6 cm³/mol. The van der Waals surface area contributed by atoms with Gasteiger partial charge < -0.3 is 14.6 Å². The monoisotopic (exact) mass is 237 g/mol. The van der Waals surface area contributed by atoms with Gasteiger partial charge in [-0.3, -0.25) is 4.98 Å². The van der Waals surface area contributed by atoms with E-state index in [1.165, 1.54) is 18.4 Å². The topological polar surface area (TPSA) is 51.6 Å². The highest BCUT2D eigenvalue weighted by Crippen LogP contribution is 2.26. The van der Waals surface area contributed by atoms with Gasteiger partial charge in [0.1, 0.15) is 5.69 Å². The summed E-state index contributed by atoms with van der Waals surface area (Å²) in [6, 6.07) is 2.04. The Morgan fingerprint density at radius 2 is 2.00 bits per heavy atom. The highest BCUT2D eigenvalue weighted by atomic mass is 16.7. The molecule has 4 heteroatoms. The Balaban J connectivity index is 2.42. The molecule has 0 saturated heterocycles. The van der Waals surface area contributed by atoms with Gasteiger partial charge in [0.05, 0.1) is 6.61 Å². The van der Waals surface area contributed by atoms with Crippen LogP contribution in [0.2, 0.25) is 0 Å². The van der Waals surface area contributed by atoms with Crippen LogP contribution in [0.15, 0.2) is 6.07 Å². The number of pyridine rings is 1. The van der Waals surface area contributed by atoms with Crippen molar-refractivity contribution in [1.29, 1.82) is 0 Å². The second kappa shape index (κ2) is 5.58. The highest BCUT2D eigenvalue weighted by Gasteiger charge is 2.20. The van der Waals surface area contributed by atoms with Crippen LogP contribution in [0.4, 0.5) is 0 Å². The normalized spacial score (nSPS) is 15.1. The summed E-state index contributed by atoms with van der Waals surface area (Å²) in [5.74, 6) is 0. The van der Waals surface area contributed by atoms with Crippen molar-refractivity contribution in [3.63, 3.8) is 0 Å². The van der Waals surface area contributed by atoms with E-state index in [1.54, 1.807) is 14.2 Å². The Kier molecular flexibility index (Phi) is 4.10. The molecule has 1 aliphatic carbocycles. The lowest BCUT2D eigenvalue weighted by atomic mass is 9.94. The molecule has 2 rings (SSSR count). The molecule has 94 valence electrons. The summed E-state index contributed by atoms with van der Waals surface area (Å²) >= 11 is 0. The van der Waals surface area contributed by atoms with Gasteiger partial charge in [-0.2, -0.15) is 0 Å². The number of aromatic nitrogens is 1. The van der Waals surface area contributed by atoms with E-state index in [1.807, 2.05) is 6.07 Å². The molecule has 0 aliphatic heterocycles. The summed E-state index contributed by atoms with van der Waals surface area (Å²) in [4.78, 5) is 4.62. The Morgan fingerprint density at radius 1 is 1.29 bits per heavy atom. The third-order valence-corrected chi connectivity index (χ3v) is 3.23. The molecular formula is C13H19NO3. The average molecular weight is 237 g/mol. The van der Waals surface area contributed by atoms with Crippen LogP contribution in [-0.4, -0.2) is 24.3 Å². The molecule has 0 fully saturated rings. The van der Waals surface area contributed by atoms with Gasteiger partial charge in [-0.05, 0) is 37.3 Å². The van der Waals surface area contributed by atoms with Gasteiger partial charge in [0, 0.05) is 25.5 Å². The van der Waals surface area contributed by atoms with Crippen molar-refractivity contribution in [1.82, 2.24) is 4.98 Å². The largest absolute Gasteiger partial charge is 0.392 e. The molecule has 17 heavy (non-hydrogen) atoms. The first-order chi connectivity index (χ1) is 8.30. The molecule has 1 heterocycles. The van der Waals surface area contributed by atoms with Crippen LogP contribution in [0.3, 0.4) is 0 Å². The molecule has 1 aliphatic rings. The molecule has 0 atom stereocenters. The molecule has 0 amide bonds. The van der Waals surface area contributed by atoms with E-state index >= 15 is 0 Å². The van der Waals surface area contributed by atoms with Crippen LogP contribution < -0.4 is 0 Å². The number of ether oxygens (including phenoxy) is 2. The van der Waals surface area contributed by atoms with Crippen molar-refractivity contribution >= 4 is 0 Å². The number of hydrogen-bond acceptors (Lipinski definition) is 4. The first kappa shape index (κ1) is 12.5. The van der Waals surface area contributed by atoms with E-state index in [0.29, 0.717) is 5.69 Å². The highest BCUT2D eigenvalue weighted by molar-refractivity contribution is 5.32. The minimum absolute atomic E-state index is 0.0289. The molecule has 0 radical (unpaired) electrons. The standard InChI is InChI=1S/C13H19NO3/c1-16-13(17-2)12-10(8-15)7-9-5-3-4-6-11(9)14-12/h7,13,15H,3-6,8H2,1-2H3. The summed E-state index contributed by atoms with van der Waals surface area (Å²) in [5, 5.41) is 9.41. The zero-order valence-corrected chi connectivity index (χ0v) is 10.4. The molecule has 4 nitrogen and oxygen atoms in total. The van der Waals surface area contributed by atoms with Crippen molar-refractivity contribution in [2.24, 2.45) is 0 Å². The third-order valence-electron chi connectivity index (χ3n) is 3.23. The molecule has 1 aromatic rings. The van der Waals surface area contributed by atoms with Gasteiger partial charge in [0.2, 0.25) is 6.29 Å². The van der Waals surface area contributed by atoms with Crippen LogP contribution in [0.5, 0.6) is 0 Å². The van der Waals surface area contributed by atoms with E-state index in [0.717, 1.165) is 24.1 Å². The number of aliphatic hydroxyl groups excluding tert-OH is 1. The first-order valence-electron chi connectivity index (χ1n) is 5.98. The van der Waals surface area contributed by atoms with E-state index in [-0.39, 0.29) is 6.61 Å². The van der Waals surface area contributed by atoms with Crippen molar-refractivity contribution in [3.05, 3.63) is 28.6 Å². The number of rotatable bonds is 4. The van der Waals surface area contributed by atoms with Gasteiger partial charge >= 0.3 is 0 Å². The van der Waals surface area contributed by atoms with Crippen molar-refractivity contribution in [2.75, 3.05) is 14.2 Å². The Hall–Kier alpha value is -0.970. The molecule has 1 aromatic heterocycles. The maximum atomic E-state index is 9.41. The zero-order valence-electron chi connectivity index (χ0n) is 10.4. The smallest absolute Gasteiger partial charge is 0.200 e. The quantitative estimate of drug-likeness (QED) is 0.810. The van der Waals surface area contributed by atoms with Gasteiger partial charge in [0.15, 0.2) is 0 Å². The van der Waals surface area contributed by atoms with Gasteiger partial charge in [0.25, 0.3) is 0 Å². The molecule has 0 saturated carbocycles. The Bertz CT molecular complexity index is 388. The Labute approximate surface area is 102 Å². The van der Waals surface area contributed by atoms with Crippen LogP contribution in [0.1, 0.15) is 41.6 Å². The lowest BCUT2D eigenvalue weighted by molar-refractivity contribution is -0.109. The van der Waals surface area contributed by atoms with Crippen molar-refractivity contribution < 1.29 is 14.6 Å². The molecule has 0 unspecified atom stereocenters. The van der Waals surface area contributed by atoms with Crippen molar-refractivity contribution in [3.8, 4) is 0 Å². The molecular weight excluding hydrogens is 218 g/mol. The van der Waals surface area contributed by atoms with Crippen LogP contribution in [-0.2, 0) is 28.9 Å². The summed E-state index contributed by atoms with van der Waals surface area (Å²) in [6.45, 7) is -0.0289. The third kappa shape index (κ3) is 2.49. The lowest BCUT2D eigenvalue weighted by Crippen LogP contribution is -2.15. The van der Waals surface area contributed by atoms with E-state index in [4.69, 9.17) is 9.47 Å². The molecule has 0 bridgehead atoms. The number of fused-ring (bicyclic) bond motifs is 1. The van der Waals surface area contributed by atoms with Crippen LogP contribution in [0, 0.1) is 0 Å². The van der Waals surface area contributed by atoms with E-state index in [2.05, 4.69) is 4.98 Å². The van der Waals surface area contributed by atoms with Gasteiger partial charge in [-0.1, -0.05) is 0 Å². The fourth-order valence-electron chi connectivity index (χ4n) is 2.35. The van der Waals surface area contributed by atoms with E-state index < -0.39 is 6.29 Å². The van der Waals surface area contributed by atoms with E-state index in [9.17, 15) is 5.11 Å². The predicted octanol–water partition coefficient (Wildman–Crippen LogP) is 1.74. The maximum absolute atomic E-state index is 9.41. The molecule has 0 aromatic carbocycles. The first-order valence-corrected chi connectivity index (χ1v) is 5.98. The summed E-state index contributed by atoms with van der Waals surface area (Å²) < 4.78 is 10.4. The number of nitrogens with zero attached hydrogens (tertiary/aromatic N) is 1. The number of hydrogen-bond donors (Lipinski definition) is 1. The van der Waals surface area contributed by atoms with Gasteiger partial charge in [-0.15, -0.1) is 0 Å². The van der Waals surface area contributed by atoms with Gasteiger partial charge in [-0.25, -0.2) is 0 Å². The van der Waals surface area contributed by atoms with Crippen LogP contribution in [0.25, 0.3) is 0 Å². The Morgan fingerprint density at radius 3 is 2.65 bits per heavy atom. The second-order valence-corrected chi connectivity index (χ2v) is 4.31. The summed E-state index contributed by atoms with van der Waals surface area (Å²) in [6.07, 6.45) is 3.96. The second-order valence-electron chi connectivity index (χ2n) is 4.31. The SMILES string of the molecule is COC(OC)c1nc2c(cc1CO)CCCC2. The lowest BCUT2D eigenvalue weighted by Gasteiger charge is -2.21. The van der Waals surface area contributed by atoms with Crippen molar-refractivity contribution in [2.45, 2.75) is 38.6 Å². The summed E-state index contributed by atoms with van der Waals surface area (Å²) in [5.41, 5.74) is 3.90. The fraction of sp³-hybridized carbons (Fsp3) is 0.615. The average Bonchev–Trinajstić information content (AvgIpc) is 2.39. The maximum Gasteiger partial charge on any atom is 0.200 e. The fourth-order valence-corrected chi connectivity index (χ4v) is 2.35. The minimum atomic E-state index is -0.496. The molecule has 1 N–H and O–H groups in total. The number of methoxy groups -OCH3 is 2. The van der Waals surface area contributed by atoms with Crippen LogP contribution >= 0.6 is 0 Å². The summed E-state index contributed by atoms with van der Waals surface area (Å²) in [7, 11) is 3.16. The minimum Gasteiger partial charge on any atom is -0.392 e. The number of aryl methyl sites for hydroxylation is 2. The number of aliphatic hydroxyl groups is 1. The zero-order chi connectivity index (χ0) is 12.3.